The summed E-state index contributed by atoms with van der Waals surface area (Å²) in [6, 6.07) is 15.1. The number of ketones is 2. The molecule has 0 unspecified atom stereocenters. The lowest BCUT2D eigenvalue weighted by molar-refractivity contribution is -0.130. The number of carbonyl (C=O) groups is 3. The fourth-order valence-corrected chi connectivity index (χ4v) is 5.22. The van der Waals surface area contributed by atoms with Crippen LogP contribution in [0.4, 0.5) is 0 Å². The van der Waals surface area contributed by atoms with Crippen LogP contribution in [0.5, 0.6) is 0 Å². The zero-order chi connectivity index (χ0) is 24.5. The summed E-state index contributed by atoms with van der Waals surface area (Å²) in [5.41, 5.74) is 1.89. The number of nitrogens with one attached hydrogen (secondary N) is 1. The lowest BCUT2D eigenvalue weighted by atomic mass is 9.95. The van der Waals surface area contributed by atoms with Gasteiger partial charge in [0.05, 0.1) is 27.0 Å². The van der Waals surface area contributed by atoms with Gasteiger partial charge in [0.25, 0.3) is 0 Å². The van der Waals surface area contributed by atoms with Gasteiger partial charge in [-0.25, -0.2) is 4.98 Å². The molecule has 1 heterocycles. The van der Waals surface area contributed by atoms with E-state index in [4.69, 9.17) is 23.2 Å². The minimum Gasteiger partial charge on any atom is -0.353 e. The first-order valence-electron chi connectivity index (χ1n) is 11.4. The van der Waals surface area contributed by atoms with Crippen molar-refractivity contribution in [1.29, 1.82) is 0 Å². The number of benzene rings is 2. The van der Waals surface area contributed by atoms with E-state index in [1.165, 1.54) is 11.3 Å². The van der Waals surface area contributed by atoms with Gasteiger partial charge in [0.15, 0.2) is 0 Å². The molecule has 2 aromatic carbocycles. The molecule has 3 aromatic rings. The van der Waals surface area contributed by atoms with Gasteiger partial charge in [-0.3, -0.25) is 14.4 Å². The van der Waals surface area contributed by atoms with E-state index >= 15 is 0 Å². The molecule has 0 aliphatic heterocycles. The van der Waals surface area contributed by atoms with E-state index in [0.717, 1.165) is 20.8 Å². The molecule has 0 saturated carbocycles. The number of halogens is 2. The predicted molar refractivity (Wildman–Crippen MR) is 139 cm³/mol. The Morgan fingerprint density at radius 2 is 1.82 bits per heavy atom. The molecule has 0 aliphatic carbocycles. The first kappa shape index (κ1) is 26.3. The van der Waals surface area contributed by atoms with E-state index in [1.54, 1.807) is 13.0 Å². The summed E-state index contributed by atoms with van der Waals surface area (Å²) in [7, 11) is 0. The number of alkyl halides is 1. The average molecular weight is 519 g/mol. The normalized spacial score (nSPS) is 12.9. The number of carbonyl (C=O) groups excluding carboxylic acids is 3. The van der Waals surface area contributed by atoms with Gasteiger partial charge in [-0.2, -0.15) is 0 Å². The van der Waals surface area contributed by atoms with E-state index in [1.807, 2.05) is 42.5 Å². The molecule has 0 bridgehead atoms. The number of hydrogen-bond donors (Lipinski definition) is 1. The molecule has 0 radical (unpaired) electrons. The third-order valence-corrected chi connectivity index (χ3v) is 7.22. The number of amides is 1. The van der Waals surface area contributed by atoms with Gasteiger partial charge in [0, 0.05) is 36.7 Å². The van der Waals surface area contributed by atoms with E-state index in [0.29, 0.717) is 37.1 Å². The molecule has 8 heteroatoms. The first-order valence-corrected chi connectivity index (χ1v) is 13.1. The summed E-state index contributed by atoms with van der Waals surface area (Å²) in [4.78, 5) is 42.1. The van der Waals surface area contributed by atoms with Crippen LogP contribution in [0.2, 0.25) is 5.02 Å². The highest BCUT2D eigenvalue weighted by molar-refractivity contribution is 7.18. The van der Waals surface area contributed by atoms with Gasteiger partial charge in [0.2, 0.25) is 5.91 Å². The van der Waals surface area contributed by atoms with Crippen molar-refractivity contribution in [2.75, 3.05) is 5.88 Å². The monoisotopic (exact) mass is 518 g/mol. The number of Topliss-reactive ketones (excluding diaryl/α,β-unsaturated/α-hetero) is 2. The van der Waals surface area contributed by atoms with Crippen LogP contribution >= 0.6 is 34.5 Å². The largest absolute Gasteiger partial charge is 0.353 e. The van der Waals surface area contributed by atoms with E-state index in [9.17, 15) is 14.4 Å². The Kier molecular flexibility index (Phi) is 10.1. The van der Waals surface area contributed by atoms with Gasteiger partial charge in [-0.05, 0) is 36.6 Å². The second-order valence-corrected chi connectivity index (χ2v) is 10.1. The lowest BCUT2D eigenvalue weighted by Gasteiger charge is -2.22. The fourth-order valence-electron chi connectivity index (χ4n) is 3.77. The molecular weight excluding hydrogens is 491 g/mol. The molecule has 180 valence electrons. The maximum absolute atomic E-state index is 13.4. The highest BCUT2D eigenvalue weighted by atomic mass is 35.5. The third kappa shape index (κ3) is 7.90. The van der Waals surface area contributed by atoms with E-state index in [-0.39, 0.29) is 35.8 Å². The number of fused-ring (bicyclic) bond motifs is 1. The number of hydrogen-bond acceptors (Lipinski definition) is 5. The lowest BCUT2D eigenvalue weighted by Crippen LogP contribution is -2.41. The average Bonchev–Trinajstić information content (AvgIpc) is 3.23. The molecule has 1 amide bonds. The van der Waals surface area contributed by atoms with Crippen LogP contribution < -0.4 is 5.32 Å². The van der Waals surface area contributed by atoms with Crippen LogP contribution in [-0.4, -0.2) is 34.4 Å². The smallest absolute Gasteiger partial charge is 0.224 e. The number of aromatic nitrogens is 1. The summed E-state index contributed by atoms with van der Waals surface area (Å²) in [6.07, 6.45) is 2.26. The molecule has 1 aromatic heterocycles. The molecule has 0 fully saturated rings. The number of thiazole rings is 1. The third-order valence-electron chi connectivity index (χ3n) is 5.65. The summed E-state index contributed by atoms with van der Waals surface area (Å²) in [5, 5.41) is 4.53. The van der Waals surface area contributed by atoms with Crippen LogP contribution in [0.25, 0.3) is 10.2 Å². The van der Waals surface area contributed by atoms with Crippen LogP contribution in [0.3, 0.4) is 0 Å². The van der Waals surface area contributed by atoms with Gasteiger partial charge < -0.3 is 5.32 Å². The van der Waals surface area contributed by atoms with E-state index < -0.39 is 5.92 Å². The Balaban J connectivity index is 1.77. The zero-order valence-corrected chi connectivity index (χ0v) is 21.4. The summed E-state index contributed by atoms with van der Waals surface area (Å²) >= 11 is 13.3. The van der Waals surface area contributed by atoms with Crippen molar-refractivity contribution in [2.45, 2.75) is 51.5 Å². The highest BCUT2D eigenvalue weighted by Gasteiger charge is 2.26. The van der Waals surface area contributed by atoms with Gasteiger partial charge in [-0.15, -0.1) is 22.9 Å². The molecule has 3 rings (SSSR count). The number of nitrogens with zero attached hydrogens (tertiary/aromatic N) is 1. The van der Waals surface area contributed by atoms with Crippen LogP contribution in [0.15, 0.2) is 48.5 Å². The molecule has 0 spiro atoms. The second-order valence-electron chi connectivity index (χ2n) is 8.32. The number of rotatable bonds is 13. The SMILES string of the molecule is CCC(=O)C[C@@H](Cc1nc2ccc(Cl)cc2s1)C(=O)N[C@H](CCC(=O)CCl)Cc1ccccc1. The van der Waals surface area contributed by atoms with Crippen LogP contribution in [0, 0.1) is 5.92 Å². The van der Waals surface area contributed by atoms with E-state index in [2.05, 4.69) is 10.3 Å². The van der Waals surface area contributed by atoms with Crippen molar-refractivity contribution in [3.05, 3.63) is 64.1 Å². The van der Waals surface area contributed by atoms with Crippen molar-refractivity contribution in [3.63, 3.8) is 0 Å². The van der Waals surface area contributed by atoms with Gasteiger partial charge in [0.1, 0.15) is 11.6 Å². The Labute approximate surface area is 213 Å². The minimum atomic E-state index is -0.537. The van der Waals surface area contributed by atoms with Gasteiger partial charge in [-0.1, -0.05) is 48.9 Å². The predicted octanol–water partition coefficient (Wildman–Crippen LogP) is 5.79. The second kappa shape index (κ2) is 13.0. The molecule has 0 saturated heterocycles. The standard InChI is InChI=1S/C26H28Cl2N2O3S/c1-2-21(31)13-18(14-25-30-23-11-8-19(28)15-24(23)34-25)26(33)29-20(9-10-22(32)16-27)12-17-6-4-3-5-7-17/h3-8,11,15,18,20H,2,9-10,12-14,16H2,1H3,(H,29,33)/t18-,20+/m0/s1. The maximum Gasteiger partial charge on any atom is 0.224 e. The molecule has 1 N–H and O–H groups in total. The maximum atomic E-state index is 13.4. The fraction of sp³-hybridized carbons (Fsp3) is 0.385. The summed E-state index contributed by atoms with van der Waals surface area (Å²) < 4.78 is 0.949. The quantitative estimate of drug-likeness (QED) is 0.290. The summed E-state index contributed by atoms with van der Waals surface area (Å²) in [5.74, 6) is -0.800. The van der Waals surface area contributed by atoms with Gasteiger partial charge >= 0.3 is 0 Å². The first-order chi connectivity index (χ1) is 16.4. The molecule has 34 heavy (non-hydrogen) atoms. The highest BCUT2D eigenvalue weighted by Crippen LogP contribution is 2.27. The van der Waals surface area contributed by atoms with Crippen molar-refractivity contribution in [1.82, 2.24) is 10.3 Å². The molecule has 5 nitrogen and oxygen atoms in total. The molecule has 2 atom stereocenters. The Morgan fingerprint density at radius 3 is 2.53 bits per heavy atom. The Morgan fingerprint density at radius 1 is 1.06 bits per heavy atom. The van der Waals surface area contributed by atoms with Crippen molar-refractivity contribution in [2.24, 2.45) is 5.92 Å². The summed E-state index contributed by atoms with van der Waals surface area (Å²) in [6.45, 7) is 1.80. The Hall–Kier alpha value is -2.28. The zero-order valence-electron chi connectivity index (χ0n) is 19.1. The minimum absolute atomic E-state index is 0.0289. The van der Waals surface area contributed by atoms with Crippen LogP contribution in [-0.2, 0) is 27.2 Å². The van der Waals surface area contributed by atoms with Crippen molar-refractivity contribution in [3.8, 4) is 0 Å². The molecular formula is C26H28Cl2N2O3S. The van der Waals surface area contributed by atoms with Crippen molar-refractivity contribution >= 4 is 62.2 Å². The van der Waals surface area contributed by atoms with Crippen molar-refractivity contribution < 1.29 is 14.4 Å². The van der Waals surface area contributed by atoms with Crippen LogP contribution in [0.1, 0.15) is 43.2 Å². The topological polar surface area (TPSA) is 76.1 Å². The Bertz CT molecular complexity index is 1130. The molecule has 0 aliphatic rings.